The molecule has 2 rings (SSSR count). The van der Waals surface area contributed by atoms with Crippen LogP contribution in [-0.2, 0) is 17.6 Å². The van der Waals surface area contributed by atoms with Gasteiger partial charge in [0.05, 0.1) is 0 Å². The van der Waals surface area contributed by atoms with Gasteiger partial charge in [-0.3, -0.25) is 4.79 Å². The zero-order valence-corrected chi connectivity index (χ0v) is 11.5. The fraction of sp³-hybridized carbons (Fsp3) is 0.235. The Bertz CT molecular complexity index is 627. The molecule has 0 aliphatic carbocycles. The van der Waals surface area contributed by atoms with Crippen LogP contribution in [0.4, 0.5) is 8.78 Å². The number of rotatable bonds is 4. The second-order valence-corrected chi connectivity index (χ2v) is 5.12. The van der Waals surface area contributed by atoms with Crippen molar-refractivity contribution in [3.8, 4) is 0 Å². The summed E-state index contributed by atoms with van der Waals surface area (Å²) in [5.74, 6) is -1.38. The summed E-state index contributed by atoms with van der Waals surface area (Å²) >= 11 is 0. The van der Waals surface area contributed by atoms with Gasteiger partial charge in [-0.25, -0.2) is 8.78 Å². The fourth-order valence-corrected chi connectivity index (χ4v) is 2.34. The minimum absolute atomic E-state index is 0.0148. The van der Waals surface area contributed by atoms with Gasteiger partial charge in [0.1, 0.15) is 17.4 Å². The first kappa shape index (κ1) is 14.4. The molecule has 0 saturated carbocycles. The first-order valence-corrected chi connectivity index (χ1v) is 6.47. The van der Waals surface area contributed by atoms with E-state index in [1.54, 1.807) is 0 Å². The molecule has 0 aliphatic rings. The third kappa shape index (κ3) is 3.73. The summed E-state index contributed by atoms with van der Waals surface area (Å²) in [6, 6.07) is 9.23. The fourth-order valence-electron chi connectivity index (χ4n) is 2.34. The van der Waals surface area contributed by atoms with Crippen molar-refractivity contribution in [3.63, 3.8) is 0 Å². The Kier molecular flexibility index (Phi) is 4.28. The Hall–Kier alpha value is -2.03. The Morgan fingerprint density at radius 2 is 1.60 bits per heavy atom. The highest BCUT2D eigenvalue weighted by Crippen LogP contribution is 2.14. The maximum atomic E-state index is 13.5. The van der Waals surface area contributed by atoms with Crippen molar-refractivity contribution in [3.05, 3.63) is 70.3 Å². The van der Waals surface area contributed by atoms with Crippen molar-refractivity contribution in [2.75, 3.05) is 0 Å². The van der Waals surface area contributed by atoms with Gasteiger partial charge in [-0.05, 0) is 31.0 Å². The van der Waals surface area contributed by atoms with E-state index in [0.29, 0.717) is 0 Å². The molecule has 3 heteroatoms. The summed E-state index contributed by atoms with van der Waals surface area (Å²) in [5, 5.41) is 0. The molecule has 0 radical (unpaired) electrons. The minimum atomic E-state index is -0.668. The van der Waals surface area contributed by atoms with Crippen LogP contribution in [0.2, 0.25) is 0 Å². The highest BCUT2D eigenvalue weighted by molar-refractivity contribution is 5.83. The van der Waals surface area contributed by atoms with Crippen LogP contribution >= 0.6 is 0 Å². The van der Waals surface area contributed by atoms with E-state index in [-0.39, 0.29) is 24.2 Å². The highest BCUT2D eigenvalue weighted by atomic mass is 19.1. The van der Waals surface area contributed by atoms with Gasteiger partial charge in [0.15, 0.2) is 0 Å². The summed E-state index contributed by atoms with van der Waals surface area (Å²) in [6.07, 6.45) is 0.248. The van der Waals surface area contributed by atoms with Crippen LogP contribution in [0.5, 0.6) is 0 Å². The molecule has 20 heavy (non-hydrogen) atoms. The van der Waals surface area contributed by atoms with Crippen molar-refractivity contribution in [2.24, 2.45) is 0 Å². The standard InChI is InChI=1S/C17H16F2O/c1-11-5-12(2)7-13(6-11)8-16(20)9-14-3-4-15(18)10-17(14)19/h3-7,10H,8-9H2,1-2H3. The summed E-state index contributed by atoms with van der Waals surface area (Å²) in [5.41, 5.74) is 3.36. The number of aryl methyl sites for hydroxylation is 2. The van der Waals surface area contributed by atoms with Gasteiger partial charge >= 0.3 is 0 Å². The number of carbonyl (C=O) groups excluding carboxylic acids is 1. The van der Waals surface area contributed by atoms with Crippen LogP contribution in [0.1, 0.15) is 22.3 Å². The van der Waals surface area contributed by atoms with Gasteiger partial charge in [-0.15, -0.1) is 0 Å². The van der Waals surface area contributed by atoms with Crippen LogP contribution in [0.15, 0.2) is 36.4 Å². The van der Waals surface area contributed by atoms with Crippen molar-refractivity contribution < 1.29 is 13.6 Å². The molecule has 0 saturated heterocycles. The van der Waals surface area contributed by atoms with Crippen LogP contribution in [-0.4, -0.2) is 5.78 Å². The number of benzene rings is 2. The summed E-state index contributed by atoms with van der Waals surface area (Å²) in [4.78, 5) is 12.0. The number of carbonyl (C=O) groups is 1. The zero-order valence-electron chi connectivity index (χ0n) is 11.5. The van der Waals surface area contributed by atoms with Crippen molar-refractivity contribution in [1.29, 1.82) is 0 Å². The third-order valence-corrected chi connectivity index (χ3v) is 3.09. The molecule has 0 N–H and O–H groups in total. The molecule has 0 amide bonds. The zero-order chi connectivity index (χ0) is 14.7. The summed E-state index contributed by atoms with van der Waals surface area (Å²) < 4.78 is 26.3. The maximum Gasteiger partial charge on any atom is 0.141 e. The smallest absolute Gasteiger partial charge is 0.141 e. The van der Waals surface area contributed by atoms with Gasteiger partial charge in [0.2, 0.25) is 0 Å². The van der Waals surface area contributed by atoms with Crippen molar-refractivity contribution in [1.82, 2.24) is 0 Å². The van der Waals surface area contributed by atoms with E-state index in [9.17, 15) is 13.6 Å². The molecule has 1 nitrogen and oxygen atoms in total. The molecule has 0 spiro atoms. The average molecular weight is 274 g/mol. The lowest BCUT2D eigenvalue weighted by Gasteiger charge is -2.06. The monoisotopic (exact) mass is 274 g/mol. The Morgan fingerprint density at radius 3 is 2.20 bits per heavy atom. The van der Waals surface area contributed by atoms with E-state index in [1.807, 2.05) is 32.0 Å². The lowest BCUT2D eigenvalue weighted by atomic mass is 9.99. The topological polar surface area (TPSA) is 17.1 Å². The normalized spacial score (nSPS) is 10.6. The van der Waals surface area contributed by atoms with Gasteiger partial charge in [-0.2, -0.15) is 0 Å². The summed E-state index contributed by atoms with van der Waals surface area (Å²) in [6.45, 7) is 3.95. The van der Waals surface area contributed by atoms with E-state index in [4.69, 9.17) is 0 Å². The van der Waals surface area contributed by atoms with Crippen molar-refractivity contribution >= 4 is 5.78 Å². The second-order valence-electron chi connectivity index (χ2n) is 5.12. The highest BCUT2D eigenvalue weighted by Gasteiger charge is 2.10. The first-order chi connectivity index (χ1) is 9.44. The molecule has 0 aliphatic heterocycles. The molecule has 104 valence electrons. The molecule has 0 atom stereocenters. The second kappa shape index (κ2) is 5.95. The maximum absolute atomic E-state index is 13.5. The minimum Gasteiger partial charge on any atom is -0.299 e. The Morgan fingerprint density at radius 1 is 0.950 bits per heavy atom. The molecule has 2 aromatic carbocycles. The molecule has 0 bridgehead atoms. The average Bonchev–Trinajstić information content (AvgIpc) is 2.31. The molecule has 0 unspecified atom stereocenters. The number of hydrogen-bond acceptors (Lipinski definition) is 1. The Labute approximate surface area is 117 Å². The first-order valence-electron chi connectivity index (χ1n) is 6.47. The largest absolute Gasteiger partial charge is 0.299 e. The molecule has 2 aromatic rings. The Balaban J connectivity index is 2.09. The van der Waals surface area contributed by atoms with E-state index >= 15 is 0 Å². The van der Waals surface area contributed by atoms with E-state index in [2.05, 4.69) is 0 Å². The van der Waals surface area contributed by atoms with Crippen LogP contribution in [0, 0.1) is 25.5 Å². The van der Waals surface area contributed by atoms with Gasteiger partial charge in [0.25, 0.3) is 0 Å². The van der Waals surface area contributed by atoms with Gasteiger partial charge < -0.3 is 0 Å². The predicted molar refractivity (Wildman–Crippen MR) is 74.7 cm³/mol. The van der Waals surface area contributed by atoms with E-state index in [0.717, 1.165) is 22.8 Å². The van der Waals surface area contributed by atoms with Gasteiger partial charge in [0, 0.05) is 18.9 Å². The lowest BCUT2D eigenvalue weighted by molar-refractivity contribution is -0.117. The molecule has 0 aromatic heterocycles. The quantitative estimate of drug-likeness (QED) is 0.825. The molecule has 0 heterocycles. The molecule has 0 fully saturated rings. The number of ketones is 1. The van der Waals surface area contributed by atoms with Crippen LogP contribution < -0.4 is 0 Å². The van der Waals surface area contributed by atoms with Crippen LogP contribution in [0.3, 0.4) is 0 Å². The molecular formula is C17H16F2O. The van der Waals surface area contributed by atoms with Gasteiger partial charge in [-0.1, -0.05) is 35.4 Å². The lowest BCUT2D eigenvalue weighted by Crippen LogP contribution is -2.08. The van der Waals surface area contributed by atoms with Crippen molar-refractivity contribution in [2.45, 2.75) is 26.7 Å². The number of halogens is 2. The summed E-state index contributed by atoms with van der Waals surface area (Å²) in [7, 11) is 0. The number of Topliss-reactive ketones (excluding diaryl/α,β-unsaturated/α-hetero) is 1. The molecular weight excluding hydrogens is 258 g/mol. The third-order valence-electron chi connectivity index (χ3n) is 3.09. The predicted octanol–water partition coefficient (Wildman–Crippen LogP) is 3.94. The van der Waals surface area contributed by atoms with E-state index in [1.165, 1.54) is 12.1 Å². The van der Waals surface area contributed by atoms with Crippen LogP contribution in [0.25, 0.3) is 0 Å². The number of hydrogen-bond donors (Lipinski definition) is 0. The van der Waals surface area contributed by atoms with E-state index < -0.39 is 11.6 Å². The SMILES string of the molecule is Cc1cc(C)cc(CC(=O)Cc2ccc(F)cc2F)c1.